The molecule has 2 aromatic carbocycles. The van der Waals surface area contributed by atoms with Crippen molar-refractivity contribution in [3.8, 4) is 0 Å². The van der Waals surface area contributed by atoms with Crippen LogP contribution in [0.2, 0.25) is 5.02 Å². The van der Waals surface area contributed by atoms with E-state index in [1.165, 1.54) is 6.07 Å². The minimum Gasteiger partial charge on any atom is -0.204 e. The second kappa shape index (κ2) is 5.81. The van der Waals surface area contributed by atoms with Crippen molar-refractivity contribution in [2.24, 2.45) is 0 Å². The van der Waals surface area contributed by atoms with Crippen LogP contribution in [0.25, 0.3) is 0 Å². The predicted octanol–water partition coefficient (Wildman–Crippen LogP) is 5.30. The Morgan fingerprint density at radius 1 is 1.06 bits per heavy atom. The van der Waals surface area contributed by atoms with Crippen LogP contribution >= 0.6 is 27.5 Å². The summed E-state index contributed by atoms with van der Waals surface area (Å²) in [6, 6.07) is 11.4. The van der Waals surface area contributed by atoms with Crippen molar-refractivity contribution in [2.45, 2.75) is 11.2 Å². The number of rotatable bonds is 3. The number of hydrogen-bond donors (Lipinski definition) is 0. The Bertz CT molecular complexity index is 557. The quantitative estimate of drug-likeness (QED) is 0.670. The van der Waals surface area contributed by atoms with E-state index in [4.69, 9.17) is 11.6 Å². The molecule has 0 saturated carbocycles. The second-order valence-electron chi connectivity index (χ2n) is 3.94. The van der Waals surface area contributed by atoms with Crippen molar-refractivity contribution in [3.05, 3.63) is 70.2 Å². The molecule has 4 heteroatoms. The third-order valence-electron chi connectivity index (χ3n) is 2.66. The fourth-order valence-electron chi connectivity index (χ4n) is 1.68. The molecule has 0 aromatic heterocycles. The highest BCUT2D eigenvalue weighted by Gasteiger charge is 2.12. The van der Waals surface area contributed by atoms with Crippen LogP contribution in [0.4, 0.5) is 8.78 Å². The molecule has 2 rings (SSSR count). The lowest BCUT2D eigenvalue weighted by Gasteiger charge is -2.11. The Morgan fingerprint density at radius 3 is 2.44 bits per heavy atom. The van der Waals surface area contributed by atoms with Gasteiger partial charge < -0.3 is 0 Å². The van der Waals surface area contributed by atoms with Gasteiger partial charge >= 0.3 is 0 Å². The van der Waals surface area contributed by atoms with E-state index in [-0.39, 0.29) is 4.83 Å². The van der Waals surface area contributed by atoms with Crippen molar-refractivity contribution in [3.63, 3.8) is 0 Å². The first-order valence-corrected chi connectivity index (χ1v) is 6.69. The van der Waals surface area contributed by atoms with Crippen molar-refractivity contribution in [1.82, 2.24) is 0 Å². The zero-order chi connectivity index (χ0) is 13.1. The van der Waals surface area contributed by atoms with Gasteiger partial charge in [0.1, 0.15) is 0 Å². The van der Waals surface area contributed by atoms with E-state index in [1.807, 2.05) is 24.3 Å². The Labute approximate surface area is 118 Å². The van der Waals surface area contributed by atoms with Gasteiger partial charge in [0.2, 0.25) is 0 Å². The van der Waals surface area contributed by atoms with Gasteiger partial charge in [-0.05, 0) is 35.7 Å². The number of alkyl halides is 1. The van der Waals surface area contributed by atoms with Gasteiger partial charge in [0.05, 0.1) is 0 Å². The summed E-state index contributed by atoms with van der Waals surface area (Å²) in [5, 5.41) is 0.671. The second-order valence-corrected chi connectivity index (χ2v) is 5.45. The summed E-state index contributed by atoms with van der Waals surface area (Å²) in [5.74, 6) is -1.67. The number of benzene rings is 2. The monoisotopic (exact) mass is 330 g/mol. The maximum atomic E-state index is 13.1. The molecule has 2 aromatic rings. The van der Waals surface area contributed by atoms with Gasteiger partial charge in [0.25, 0.3) is 0 Å². The molecule has 0 nitrogen and oxygen atoms in total. The lowest BCUT2D eigenvalue weighted by Crippen LogP contribution is -1.98. The van der Waals surface area contributed by atoms with E-state index in [2.05, 4.69) is 15.9 Å². The largest absolute Gasteiger partial charge is 0.204 e. The van der Waals surface area contributed by atoms with Crippen LogP contribution in [-0.2, 0) is 6.42 Å². The van der Waals surface area contributed by atoms with Crippen molar-refractivity contribution < 1.29 is 8.78 Å². The SMILES string of the molecule is Fc1ccc(C(Br)Cc2ccccc2Cl)cc1F. The summed E-state index contributed by atoms with van der Waals surface area (Å²) >= 11 is 9.53. The minimum atomic E-state index is -0.837. The maximum Gasteiger partial charge on any atom is 0.159 e. The fourth-order valence-corrected chi connectivity index (χ4v) is 2.53. The molecule has 94 valence electrons. The van der Waals surface area contributed by atoms with Gasteiger partial charge in [0.15, 0.2) is 11.6 Å². The first-order chi connectivity index (χ1) is 8.58. The molecule has 0 radical (unpaired) electrons. The van der Waals surface area contributed by atoms with Gasteiger partial charge in [-0.15, -0.1) is 0 Å². The van der Waals surface area contributed by atoms with E-state index in [0.717, 1.165) is 11.6 Å². The Hall–Kier alpha value is -0.930. The Kier molecular flexibility index (Phi) is 4.36. The molecule has 0 bridgehead atoms. The van der Waals surface area contributed by atoms with Crippen LogP contribution in [0.3, 0.4) is 0 Å². The van der Waals surface area contributed by atoms with E-state index in [9.17, 15) is 8.78 Å². The van der Waals surface area contributed by atoms with Gasteiger partial charge in [-0.1, -0.05) is 51.8 Å². The molecule has 1 unspecified atom stereocenters. The van der Waals surface area contributed by atoms with Gasteiger partial charge in [-0.2, -0.15) is 0 Å². The highest BCUT2D eigenvalue weighted by atomic mass is 79.9. The van der Waals surface area contributed by atoms with Gasteiger partial charge in [-0.25, -0.2) is 8.78 Å². The highest BCUT2D eigenvalue weighted by Crippen LogP contribution is 2.30. The summed E-state index contributed by atoms with van der Waals surface area (Å²) in [5.41, 5.74) is 1.65. The van der Waals surface area contributed by atoms with E-state index in [1.54, 1.807) is 6.07 Å². The first-order valence-electron chi connectivity index (χ1n) is 5.40. The summed E-state index contributed by atoms with van der Waals surface area (Å²) in [6.45, 7) is 0. The van der Waals surface area contributed by atoms with Crippen LogP contribution < -0.4 is 0 Å². The molecule has 0 amide bonds. The third-order valence-corrected chi connectivity index (χ3v) is 3.88. The molecule has 0 aliphatic rings. The predicted molar refractivity (Wildman–Crippen MR) is 73.2 cm³/mol. The average molecular weight is 332 g/mol. The van der Waals surface area contributed by atoms with Gasteiger partial charge in [-0.3, -0.25) is 0 Å². The highest BCUT2D eigenvalue weighted by molar-refractivity contribution is 9.09. The first kappa shape index (κ1) is 13.5. The minimum absolute atomic E-state index is 0.104. The smallest absolute Gasteiger partial charge is 0.159 e. The number of hydrogen-bond acceptors (Lipinski definition) is 0. The maximum absolute atomic E-state index is 13.1. The summed E-state index contributed by atoms with van der Waals surface area (Å²) < 4.78 is 26.0. The van der Waals surface area contributed by atoms with Crippen molar-refractivity contribution in [2.75, 3.05) is 0 Å². The summed E-state index contributed by atoms with van der Waals surface area (Å²) in [6.07, 6.45) is 0.616. The molecule has 0 N–H and O–H groups in total. The molecular formula is C14H10BrClF2. The molecule has 1 atom stereocenters. The third kappa shape index (κ3) is 3.09. The molecule has 0 fully saturated rings. The van der Waals surface area contributed by atoms with Crippen LogP contribution in [0.15, 0.2) is 42.5 Å². The Balaban J connectivity index is 2.19. The van der Waals surface area contributed by atoms with Gasteiger partial charge in [0, 0.05) is 9.85 Å². The standard InChI is InChI=1S/C14H10BrClF2/c15-11(7-10-3-1-2-4-12(10)16)9-5-6-13(17)14(18)8-9/h1-6,8,11H,7H2. The molecule has 0 aliphatic heterocycles. The van der Waals surface area contributed by atoms with E-state index >= 15 is 0 Å². The molecular weight excluding hydrogens is 322 g/mol. The normalized spacial score (nSPS) is 12.4. The van der Waals surface area contributed by atoms with Crippen LogP contribution in [0.1, 0.15) is 16.0 Å². The average Bonchev–Trinajstić information content (AvgIpc) is 2.35. The topological polar surface area (TPSA) is 0 Å². The zero-order valence-electron chi connectivity index (χ0n) is 9.34. The number of halogens is 4. The molecule has 18 heavy (non-hydrogen) atoms. The Morgan fingerprint density at radius 2 is 1.78 bits per heavy atom. The van der Waals surface area contributed by atoms with E-state index in [0.29, 0.717) is 17.0 Å². The van der Waals surface area contributed by atoms with Crippen molar-refractivity contribution in [1.29, 1.82) is 0 Å². The van der Waals surface area contributed by atoms with Crippen molar-refractivity contribution >= 4 is 27.5 Å². The molecule has 0 heterocycles. The van der Waals surface area contributed by atoms with E-state index < -0.39 is 11.6 Å². The van der Waals surface area contributed by atoms with Crippen LogP contribution in [0.5, 0.6) is 0 Å². The van der Waals surface area contributed by atoms with Crippen LogP contribution in [-0.4, -0.2) is 0 Å². The summed E-state index contributed by atoms with van der Waals surface area (Å²) in [4.78, 5) is -0.104. The molecule has 0 saturated heterocycles. The molecule has 0 aliphatic carbocycles. The zero-order valence-corrected chi connectivity index (χ0v) is 11.7. The lowest BCUT2D eigenvalue weighted by atomic mass is 10.0. The molecule has 0 spiro atoms. The fraction of sp³-hybridized carbons (Fsp3) is 0.143. The summed E-state index contributed by atoms with van der Waals surface area (Å²) in [7, 11) is 0. The van der Waals surface area contributed by atoms with Crippen LogP contribution in [0, 0.1) is 11.6 Å². The lowest BCUT2D eigenvalue weighted by molar-refractivity contribution is 0.507.